The largest absolute Gasteiger partial charge is 0.412 e. The van der Waals surface area contributed by atoms with E-state index in [1.54, 1.807) is 24.3 Å². The highest BCUT2D eigenvalue weighted by Gasteiger charge is 2.03. The molecule has 0 aromatic heterocycles. The molecule has 0 unspecified atom stereocenters. The van der Waals surface area contributed by atoms with Crippen LogP contribution in [0.15, 0.2) is 54.6 Å². The Morgan fingerprint density at radius 2 is 1.75 bits per heavy atom. The molecule has 0 aliphatic rings. The van der Waals surface area contributed by atoms with Crippen LogP contribution >= 0.6 is 11.6 Å². The second kappa shape index (κ2) is 7.56. The van der Waals surface area contributed by atoms with Crippen LogP contribution in [0, 0.1) is 0 Å². The zero-order valence-corrected chi connectivity index (χ0v) is 11.8. The van der Waals surface area contributed by atoms with Gasteiger partial charge in [-0.1, -0.05) is 41.9 Å². The molecule has 0 heterocycles. The Kier molecular flexibility index (Phi) is 5.44. The standard InChI is InChI=1S/C16H16ClNO2/c17-14-8-10-15(11-9-14)20-16(19)18-12-4-7-13-5-2-1-3-6-13/h1-3,5-6,8-11H,4,7,12H2,(H,18,19). The van der Waals surface area contributed by atoms with Crippen LogP contribution in [-0.4, -0.2) is 12.6 Å². The van der Waals surface area contributed by atoms with E-state index in [-0.39, 0.29) is 0 Å². The van der Waals surface area contributed by atoms with E-state index in [0.717, 1.165) is 12.8 Å². The number of aryl methyl sites for hydroxylation is 1. The molecule has 2 aromatic rings. The summed E-state index contributed by atoms with van der Waals surface area (Å²) in [5.74, 6) is 0.481. The molecule has 4 heteroatoms. The number of hydrogen-bond donors (Lipinski definition) is 1. The van der Waals surface area contributed by atoms with Crippen molar-refractivity contribution in [3.63, 3.8) is 0 Å². The van der Waals surface area contributed by atoms with Gasteiger partial charge in [0.25, 0.3) is 0 Å². The predicted molar refractivity (Wildman–Crippen MR) is 80.2 cm³/mol. The van der Waals surface area contributed by atoms with Gasteiger partial charge in [-0.05, 0) is 42.7 Å². The Bertz CT molecular complexity index is 540. The van der Waals surface area contributed by atoms with Crippen LogP contribution in [0.2, 0.25) is 5.02 Å². The van der Waals surface area contributed by atoms with Gasteiger partial charge >= 0.3 is 6.09 Å². The first kappa shape index (κ1) is 14.4. The van der Waals surface area contributed by atoms with Gasteiger partial charge in [0.05, 0.1) is 0 Å². The van der Waals surface area contributed by atoms with E-state index < -0.39 is 6.09 Å². The van der Waals surface area contributed by atoms with E-state index in [4.69, 9.17) is 16.3 Å². The molecule has 0 atom stereocenters. The lowest BCUT2D eigenvalue weighted by molar-refractivity contribution is 0.200. The van der Waals surface area contributed by atoms with Crippen LogP contribution in [0.4, 0.5) is 4.79 Å². The van der Waals surface area contributed by atoms with Gasteiger partial charge in [-0.15, -0.1) is 0 Å². The van der Waals surface area contributed by atoms with E-state index in [1.165, 1.54) is 5.56 Å². The summed E-state index contributed by atoms with van der Waals surface area (Å²) in [5.41, 5.74) is 1.26. The second-order valence-corrected chi connectivity index (χ2v) is 4.80. The van der Waals surface area contributed by atoms with Crippen molar-refractivity contribution < 1.29 is 9.53 Å². The van der Waals surface area contributed by atoms with Gasteiger partial charge in [0.1, 0.15) is 5.75 Å². The van der Waals surface area contributed by atoms with Crippen LogP contribution < -0.4 is 10.1 Å². The minimum absolute atomic E-state index is 0.444. The van der Waals surface area contributed by atoms with Gasteiger partial charge in [0, 0.05) is 11.6 Å². The Labute approximate surface area is 123 Å². The van der Waals surface area contributed by atoms with Crippen molar-refractivity contribution >= 4 is 17.7 Å². The van der Waals surface area contributed by atoms with Crippen LogP contribution in [0.1, 0.15) is 12.0 Å². The van der Waals surface area contributed by atoms with Gasteiger partial charge in [0.2, 0.25) is 0 Å². The van der Waals surface area contributed by atoms with Gasteiger partial charge in [-0.25, -0.2) is 4.79 Å². The highest BCUT2D eigenvalue weighted by Crippen LogP contribution is 2.15. The van der Waals surface area contributed by atoms with Crippen LogP contribution in [0.5, 0.6) is 5.75 Å². The van der Waals surface area contributed by atoms with E-state index in [2.05, 4.69) is 17.4 Å². The van der Waals surface area contributed by atoms with Crippen molar-refractivity contribution in [2.45, 2.75) is 12.8 Å². The monoisotopic (exact) mass is 289 g/mol. The molecule has 2 aromatic carbocycles. The fourth-order valence-corrected chi connectivity index (χ4v) is 1.90. The summed E-state index contributed by atoms with van der Waals surface area (Å²) in [6, 6.07) is 16.8. The average molecular weight is 290 g/mol. The molecule has 0 radical (unpaired) electrons. The fraction of sp³-hybridized carbons (Fsp3) is 0.188. The molecule has 1 N–H and O–H groups in total. The summed E-state index contributed by atoms with van der Waals surface area (Å²) in [7, 11) is 0. The lowest BCUT2D eigenvalue weighted by Crippen LogP contribution is -2.27. The summed E-state index contributed by atoms with van der Waals surface area (Å²) in [4.78, 5) is 11.5. The lowest BCUT2D eigenvalue weighted by atomic mass is 10.1. The number of amides is 1. The third kappa shape index (κ3) is 4.94. The van der Waals surface area contributed by atoms with E-state index >= 15 is 0 Å². The van der Waals surface area contributed by atoms with Crippen molar-refractivity contribution in [3.05, 3.63) is 65.2 Å². The zero-order valence-electron chi connectivity index (χ0n) is 11.0. The third-order valence-electron chi connectivity index (χ3n) is 2.78. The van der Waals surface area contributed by atoms with Crippen LogP contribution in [0.25, 0.3) is 0 Å². The number of benzene rings is 2. The first-order valence-corrected chi connectivity index (χ1v) is 6.87. The van der Waals surface area contributed by atoms with E-state index in [1.807, 2.05) is 18.2 Å². The maximum Gasteiger partial charge on any atom is 0.412 e. The predicted octanol–water partition coefficient (Wildman–Crippen LogP) is 4.06. The fourth-order valence-electron chi connectivity index (χ4n) is 1.77. The molecule has 0 saturated carbocycles. The molecule has 0 saturated heterocycles. The number of hydrogen-bond acceptors (Lipinski definition) is 2. The summed E-state index contributed by atoms with van der Waals surface area (Å²) in [6.07, 6.45) is 1.36. The molecule has 0 aliphatic heterocycles. The summed E-state index contributed by atoms with van der Waals surface area (Å²) in [5, 5.41) is 3.33. The molecule has 0 bridgehead atoms. The van der Waals surface area contributed by atoms with E-state index in [9.17, 15) is 4.79 Å². The first-order valence-electron chi connectivity index (χ1n) is 6.49. The summed E-state index contributed by atoms with van der Waals surface area (Å²) >= 11 is 5.75. The Hall–Kier alpha value is -2.00. The average Bonchev–Trinajstić information content (AvgIpc) is 2.47. The first-order chi connectivity index (χ1) is 9.74. The molecular weight excluding hydrogens is 274 g/mol. The van der Waals surface area contributed by atoms with Gasteiger partial charge in [-0.3, -0.25) is 0 Å². The normalized spacial score (nSPS) is 10.1. The molecular formula is C16H16ClNO2. The van der Waals surface area contributed by atoms with Crippen molar-refractivity contribution in [2.75, 3.05) is 6.54 Å². The minimum Gasteiger partial charge on any atom is -0.410 e. The van der Waals surface area contributed by atoms with Crippen LogP contribution in [0.3, 0.4) is 0 Å². The molecule has 1 amide bonds. The number of halogens is 1. The van der Waals surface area contributed by atoms with Crippen LogP contribution in [-0.2, 0) is 6.42 Å². The topological polar surface area (TPSA) is 38.3 Å². The van der Waals surface area contributed by atoms with Gasteiger partial charge in [-0.2, -0.15) is 0 Å². The molecule has 2 rings (SSSR count). The molecule has 0 fully saturated rings. The molecule has 20 heavy (non-hydrogen) atoms. The Morgan fingerprint density at radius 3 is 2.45 bits per heavy atom. The smallest absolute Gasteiger partial charge is 0.410 e. The maximum atomic E-state index is 11.5. The quantitative estimate of drug-likeness (QED) is 0.843. The van der Waals surface area contributed by atoms with Crippen molar-refractivity contribution in [1.82, 2.24) is 5.32 Å². The Morgan fingerprint density at radius 1 is 1.05 bits per heavy atom. The molecule has 0 aliphatic carbocycles. The summed E-state index contributed by atoms with van der Waals surface area (Å²) < 4.78 is 5.11. The number of carbonyl (C=O) groups is 1. The number of rotatable bonds is 5. The van der Waals surface area contributed by atoms with E-state index in [0.29, 0.717) is 17.3 Å². The Balaban J connectivity index is 1.66. The number of ether oxygens (including phenoxy) is 1. The summed E-state index contributed by atoms with van der Waals surface area (Å²) in [6.45, 7) is 0.585. The van der Waals surface area contributed by atoms with Crippen molar-refractivity contribution in [2.24, 2.45) is 0 Å². The lowest BCUT2D eigenvalue weighted by Gasteiger charge is -2.06. The molecule has 104 valence electrons. The van der Waals surface area contributed by atoms with Crippen molar-refractivity contribution in [3.8, 4) is 5.75 Å². The number of carbonyl (C=O) groups excluding carboxylic acids is 1. The second-order valence-electron chi connectivity index (χ2n) is 4.36. The van der Waals surface area contributed by atoms with Crippen molar-refractivity contribution in [1.29, 1.82) is 0 Å². The number of nitrogens with one attached hydrogen (secondary N) is 1. The minimum atomic E-state index is -0.444. The molecule has 3 nitrogen and oxygen atoms in total. The van der Waals surface area contributed by atoms with Gasteiger partial charge in [0.15, 0.2) is 0 Å². The highest BCUT2D eigenvalue weighted by molar-refractivity contribution is 6.30. The molecule has 0 spiro atoms. The van der Waals surface area contributed by atoms with Gasteiger partial charge < -0.3 is 10.1 Å². The maximum absolute atomic E-state index is 11.5. The highest BCUT2D eigenvalue weighted by atomic mass is 35.5. The SMILES string of the molecule is O=C(NCCCc1ccccc1)Oc1ccc(Cl)cc1. The third-order valence-corrected chi connectivity index (χ3v) is 3.03. The zero-order chi connectivity index (χ0) is 14.2.